The molecular formula is C13H11F3N2O3. The molecule has 0 aliphatic rings. The smallest absolute Gasteiger partial charge is 0.422 e. The molecule has 112 valence electrons. The van der Waals surface area contributed by atoms with Crippen molar-refractivity contribution in [1.82, 2.24) is 10.3 Å². The van der Waals surface area contributed by atoms with E-state index in [9.17, 15) is 18.0 Å². The summed E-state index contributed by atoms with van der Waals surface area (Å²) in [5.41, 5.74) is -0.0756. The normalized spacial score (nSPS) is 11.2. The topological polar surface area (TPSA) is 64.4 Å². The Morgan fingerprint density at radius 1 is 1.33 bits per heavy atom. The summed E-state index contributed by atoms with van der Waals surface area (Å²) in [5.74, 6) is -0.451. The van der Waals surface area contributed by atoms with Crippen molar-refractivity contribution in [3.05, 3.63) is 48.0 Å². The van der Waals surface area contributed by atoms with Gasteiger partial charge < -0.3 is 14.5 Å². The molecule has 0 atom stereocenters. The summed E-state index contributed by atoms with van der Waals surface area (Å²) >= 11 is 0. The van der Waals surface area contributed by atoms with Gasteiger partial charge in [-0.15, -0.1) is 0 Å². The second kappa shape index (κ2) is 6.29. The molecule has 0 saturated heterocycles. The Hall–Kier alpha value is -2.51. The van der Waals surface area contributed by atoms with E-state index in [0.29, 0.717) is 5.76 Å². The first-order chi connectivity index (χ1) is 9.96. The summed E-state index contributed by atoms with van der Waals surface area (Å²) in [6.07, 6.45) is -1.81. The van der Waals surface area contributed by atoms with Gasteiger partial charge in [0, 0.05) is 6.20 Å². The minimum atomic E-state index is -4.50. The van der Waals surface area contributed by atoms with Crippen LogP contribution in [-0.4, -0.2) is 23.7 Å². The first-order valence-electron chi connectivity index (χ1n) is 5.91. The van der Waals surface area contributed by atoms with Gasteiger partial charge in [0.2, 0.25) is 5.88 Å². The second-order valence-corrected chi connectivity index (χ2v) is 4.02. The summed E-state index contributed by atoms with van der Waals surface area (Å²) in [6.45, 7) is -1.40. The van der Waals surface area contributed by atoms with E-state index in [-0.39, 0.29) is 18.0 Å². The average molecular weight is 300 g/mol. The number of pyridine rings is 1. The molecule has 0 aliphatic carbocycles. The Morgan fingerprint density at radius 3 is 2.81 bits per heavy atom. The number of amides is 1. The van der Waals surface area contributed by atoms with Gasteiger partial charge in [-0.3, -0.25) is 4.79 Å². The number of hydrogen-bond donors (Lipinski definition) is 1. The monoisotopic (exact) mass is 300 g/mol. The van der Waals surface area contributed by atoms with Crippen molar-refractivity contribution in [2.24, 2.45) is 0 Å². The van der Waals surface area contributed by atoms with Crippen LogP contribution in [0.15, 0.2) is 41.1 Å². The zero-order valence-electron chi connectivity index (χ0n) is 10.7. The summed E-state index contributed by atoms with van der Waals surface area (Å²) in [5, 5.41) is 2.50. The number of furan rings is 1. The lowest BCUT2D eigenvalue weighted by molar-refractivity contribution is -0.154. The SMILES string of the molecule is O=C(NCc1ccco1)c1cccnc1OCC(F)(F)F. The Balaban J connectivity index is 2.02. The van der Waals surface area contributed by atoms with E-state index in [4.69, 9.17) is 4.42 Å². The first-order valence-corrected chi connectivity index (χ1v) is 5.91. The molecule has 21 heavy (non-hydrogen) atoms. The quantitative estimate of drug-likeness (QED) is 0.921. The number of carbonyl (C=O) groups is 1. The van der Waals surface area contributed by atoms with Gasteiger partial charge in [0.15, 0.2) is 6.61 Å². The molecule has 2 rings (SSSR count). The van der Waals surface area contributed by atoms with Gasteiger partial charge >= 0.3 is 6.18 Å². The minimum absolute atomic E-state index is 0.0756. The molecule has 1 amide bonds. The van der Waals surface area contributed by atoms with Gasteiger partial charge in [0.1, 0.15) is 11.3 Å². The number of rotatable bonds is 5. The van der Waals surface area contributed by atoms with Gasteiger partial charge in [-0.2, -0.15) is 13.2 Å². The number of hydrogen-bond acceptors (Lipinski definition) is 4. The Morgan fingerprint density at radius 2 is 2.14 bits per heavy atom. The van der Waals surface area contributed by atoms with Crippen LogP contribution in [0.2, 0.25) is 0 Å². The van der Waals surface area contributed by atoms with Gasteiger partial charge in [-0.1, -0.05) is 0 Å². The van der Waals surface area contributed by atoms with Crippen molar-refractivity contribution in [2.45, 2.75) is 12.7 Å². The third kappa shape index (κ3) is 4.51. The Bertz CT molecular complexity index is 597. The van der Waals surface area contributed by atoms with E-state index in [0.717, 1.165) is 0 Å². The molecule has 0 fully saturated rings. The zero-order chi connectivity index (χ0) is 15.3. The fraction of sp³-hybridized carbons (Fsp3) is 0.231. The van der Waals surface area contributed by atoms with Crippen LogP contribution < -0.4 is 10.1 Å². The van der Waals surface area contributed by atoms with Gasteiger partial charge in [0.05, 0.1) is 12.8 Å². The number of halogens is 3. The van der Waals surface area contributed by atoms with Crippen LogP contribution in [0.3, 0.4) is 0 Å². The standard InChI is InChI=1S/C13H11F3N2O3/c14-13(15,16)8-21-12-10(4-1-5-17-12)11(19)18-7-9-3-2-6-20-9/h1-6H,7-8H2,(H,18,19). The summed E-state index contributed by atoms with van der Waals surface area (Å²) in [4.78, 5) is 15.6. The van der Waals surface area contributed by atoms with Crippen LogP contribution in [0.1, 0.15) is 16.1 Å². The third-order valence-corrected chi connectivity index (χ3v) is 2.39. The van der Waals surface area contributed by atoms with Crippen LogP contribution in [-0.2, 0) is 6.54 Å². The van der Waals surface area contributed by atoms with E-state index in [2.05, 4.69) is 15.0 Å². The molecule has 0 bridgehead atoms. The molecule has 0 aliphatic heterocycles. The van der Waals surface area contributed by atoms with Crippen molar-refractivity contribution < 1.29 is 27.1 Å². The van der Waals surface area contributed by atoms with Crippen molar-refractivity contribution in [1.29, 1.82) is 0 Å². The number of nitrogens with zero attached hydrogens (tertiary/aromatic N) is 1. The maximum atomic E-state index is 12.1. The van der Waals surface area contributed by atoms with Crippen LogP contribution in [0, 0.1) is 0 Å². The molecule has 0 radical (unpaired) electrons. The lowest BCUT2D eigenvalue weighted by Crippen LogP contribution is -2.25. The predicted octanol–water partition coefficient (Wildman–Crippen LogP) is 2.55. The number of alkyl halides is 3. The molecular weight excluding hydrogens is 289 g/mol. The van der Waals surface area contributed by atoms with Crippen molar-refractivity contribution in [3.63, 3.8) is 0 Å². The van der Waals surface area contributed by atoms with Gasteiger partial charge in [0.25, 0.3) is 5.91 Å². The van der Waals surface area contributed by atoms with E-state index in [1.165, 1.54) is 24.6 Å². The number of ether oxygens (including phenoxy) is 1. The van der Waals surface area contributed by atoms with E-state index >= 15 is 0 Å². The van der Waals surface area contributed by atoms with E-state index < -0.39 is 18.7 Å². The summed E-state index contributed by atoms with van der Waals surface area (Å²) < 4.78 is 46.0. The van der Waals surface area contributed by atoms with Gasteiger partial charge in [-0.25, -0.2) is 4.98 Å². The highest BCUT2D eigenvalue weighted by molar-refractivity contribution is 5.96. The Labute approximate surface area is 117 Å². The molecule has 5 nitrogen and oxygen atoms in total. The van der Waals surface area contributed by atoms with Crippen LogP contribution >= 0.6 is 0 Å². The maximum absolute atomic E-state index is 12.1. The summed E-state index contributed by atoms with van der Waals surface area (Å²) in [7, 11) is 0. The van der Waals surface area contributed by atoms with Crippen LogP contribution in [0.4, 0.5) is 13.2 Å². The average Bonchev–Trinajstić information content (AvgIpc) is 2.95. The lowest BCUT2D eigenvalue weighted by Gasteiger charge is -2.11. The number of aromatic nitrogens is 1. The molecule has 0 saturated carbocycles. The number of nitrogens with one attached hydrogen (secondary N) is 1. The fourth-order valence-electron chi connectivity index (χ4n) is 1.50. The summed E-state index contributed by atoms with van der Waals surface area (Å²) in [6, 6.07) is 6.08. The fourth-order valence-corrected chi connectivity index (χ4v) is 1.50. The molecule has 0 spiro atoms. The van der Waals surface area contributed by atoms with Crippen LogP contribution in [0.25, 0.3) is 0 Å². The predicted molar refractivity (Wildman–Crippen MR) is 65.7 cm³/mol. The maximum Gasteiger partial charge on any atom is 0.422 e. The van der Waals surface area contributed by atoms with Crippen molar-refractivity contribution >= 4 is 5.91 Å². The molecule has 1 N–H and O–H groups in total. The molecule has 2 aromatic rings. The third-order valence-electron chi connectivity index (χ3n) is 2.39. The molecule has 2 aromatic heterocycles. The first kappa shape index (κ1) is 14.9. The highest BCUT2D eigenvalue weighted by Crippen LogP contribution is 2.20. The Kier molecular flexibility index (Phi) is 4.46. The van der Waals surface area contributed by atoms with Crippen molar-refractivity contribution in [3.8, 4) is 5.88 Å². The lowest BCUT2D eigenvalue weighted by atomic mass is 10.2. The second-order valence-electron chi connectivity index (χ2n) is 4.02. The molecule has 2 heterocycles. The van der Waals surface area contributed by atoms with Gasteiger partial charge in [-0.05, 0) is 24.3 Å². The largest absolute Gasteiger partial charge is 0.467 e. The van der Waals surface area contributed by atoms with Crippen molar-refractivity contribution in [2.75, 3.05) is 6.61 Å². The number of carbonyl (C=O) groups excluding carboxylic acids is 1. The highest BCUT2D eigenvalue weighted by atomic mass is 19.4. The highest BCUT2D eigenvalue weighted by Gasteiger charge is 2.29. The van der Waals surface area contributed by atoms with E-state index in [1.807, 2.05) is 0 Å². The van der Waals surface area contributed by atoms with Crippen LogP contribution in [0.5, 0.6) is 5.88 Å². The zero-order valence-corrected chi connectivity index (χ0v) is 10.7. The molecule has 0 aromatic carbocycles. The minimum Gasteiger partial charge on any atom is -0.467 e. The van der Waals surface area contributed by atoms with E-state index in [1.54, 1.807) is 12.1 Å². The molecule has 8 heteroatoms. The molecule has 0 unspecified atom stereocenters.